The first-order valence-corrected chi connectivity index (χ1v) is 10.1. The number of aromatic nitrogens is 2. The largest absolute Gasteiger partial charge is 0.348 e. The predicted molar refractivity (Wildman–Crippen MR) is 97.9 cm³/mol. The van der Waals surface area contributed by atoms with Crippen LogP contribution in [0.2, 0.25) is 0 Å². The van der Waals surface area contributed by atoms with Gasteiger partial charge >= 0.3 is 0 Å². The minimum atomic E-state index is -0.0765. The van der Waals surface area contributed by atoms with Crippen molar-refractivity contribution in [1.29, 1.82) is 0 Å². The molecule has 1 amide bonds. The number of hydrogen-bond donors (Lipinski definition) is 1. The van der Waals surface area contributed by atoms with Crippen LogP contribution >= 0.6 is 11.3 Å². The molecular weight excluding hydrogens is 334 g/mol. The van der Waals surface area contributed by atoms with Gasteiger partial charge in [0.05, 0.1) is 16.6 Å². The number of carbonyl (C=O) groups excluding carboxylic acids is 1. The molecule has 2 aromatic rings. The fourth-order valence-electron chi connectivity index (χ4n) is 5.80. The second kappa shape index (κ2) is 5.40. The monoisotopic (exact) mass is 357 g/mol. The van der Waals surface area contributed by atoms with Gasteiger partial charge in [-0.2, -0.15) is 0 Å². The van der Waals surface area contributed by atoms with Crippen molar-refractivity contribution in [1.82, 2.24) is 14.9 Å². The molecular formula is C19H23N3O2S. The van der Waals surface area contributed by atoms with Crippen molar-refractivity contribution < 1.29 is 4.79 Å². The first kappa shape index (κ1) is 15.6. The first-order valence-electron chi connectivity index (χ1n) is 9.27. The maximum atomic E-state index is 13.0. The summed E-state index contributed by atoms with van der Waals surface area (Å²) < 4.78 is 1.47. The molecule has 0 saturated heterocycles. The second-order valence-electron chi connectivity index (χ2n) is 8.33. The molecule has 25 heavy (non-hydrogen) atoms. The number of nitrogens with zero attached hydrogens (tertiary/aromatic N) is 2. The van der Waals surface area contributed by atoms with Gasteiger partial charge in [0.15, 0.2) is 0 Å². The molecule has 132 valence electrons. The van der Waals surface area contributed by atoms with Gasteiger partial charge in [0.1, 0.15) is 4.83 Å². The van der Waals surface area contributed by atoms with Crippen LogP contribution in [0.4, 0.5) is 0 Å². The molecule has 0 atom stereocenters. The molecule has 4 fully saturated rings. The standard InChI is InChI=1S/C19H23N3O2S/c1-9-14-18(20-8-22(2)19(14)24)25-16(9)17(23)21-15-12-4-10-3-11(6-12)7-13(15)5-10/h8,10-13,15H,3-7H2,1-2H3,(H,21,23). The Hall–Kier alpha value is -1.69. The summed E-state index contributed by atoms with van der Waals surface area (Å²) in [4.78, 5) is 31.0. The number of nitrogens with one attached hydrogen (secondary N) is 1. The van der Waals surface area contributed by atoms with Crippen LogP contribution < -0.4 is 10.9 Å². The van der Waals surface area contributed by atoms with Crippen LogP contribution in [0, 0.1) is 30.6 Å². The van der Waals surface area contributed by atoms with Crippen LogP contribution in [-0.4, -0.2) is 21.5 Å². The fourth-order valence-corrected chi connectivity index (χ4v) is 6.85. The maximum Gasteiger partial charge on any atom is 0.262 e. The Morgan fingerprint density at radius 1 is 1.20 bits per heavy atom. The average Bonchev–Trinajstić information content (AvgIpc) is 2.91. The summed E-state index contributed by atoms with van der Waals surface area (Å²) in [5.41, 5.74) is 0.697. The summed E-state index contributed by atoms with van der Waals surface area (Å²) in [5.74, 6) is 3.09. The zero-order valence-electron chi connectivity index (χ0n) is 14.6. The van der Waals surface area contributed by atoms with Crippen molar-refractivity contribution in [2.24, 2.45) is 30.7 Å². The number of thiophene rings is 1. The zero-order valence-corrected chi connectivity index (χ0v) is 15.4. The van der Waals surface area contributed by atoms with Crippen molar-refractivity contribution in [3.8, 4) is 0 Å². The van der Waals surface area contributed by atoms with Crippen LogP contribution in [0.3, 0.4) is 0 Å². The van der Waals surface area contributed by atoms with Crippen molar-refractivity contribution in [3.05, 3.63) is 27.1 Å². The van der Waals surface area contributed by atoms with E-state index in [1.165, 1.54) is 54.3 Å². The third-order valence-electron chi connectivity index (χ3n) is 6.74. The van der Waals surface area contributed by atoms with Gasteiger partial charge in [-0.1, -0.05) is 0 Å². The van der Waals surface area contributed by atoms with Gasteiger partial charge in [0, 0.05) is 13.1 Å². The van der Waals surface area contributed by atoms with E-state index in [1.807, 2.05) is 6.92 Å². The Morgan fingerprint density at radius 2 is 1.84 bits per heavy atom. The minimum absolute atomic E-state index is 0.0139. The van der Waals surface area contributed by atoms with E-state index >= 15 is 0 Å². The molecule has 6 rings (SSSR count). The third kappa shape index (κ3) is 2.30. The Kier molecular flexibility index (Phi) is 3.36. The van der Waals surface area contributed by atoms with Gasteiger partial charge in [-0.25, -0.2) is 4.98 Å². The van der Waals surface area contributed by atoms with E-state index < -0.39 is 0 Å². The molecule has 4 bridgehead atoms. The molecule has 0 aromatic carbocycles. The molecule has 5 nitrogen and oxygen atoms in total. The molecule has 2 heterocycles. The van der Waals surface area contributed by atoms with Gasteiger partial charge in [0.2, 0.25) is 0 Å². The van der Waals surface area contributed by atoms with E-state index in [0.29, 0.717) is 33.0 Å². The summed E-state index contributed by atoms with van der Waals surface area (Å²) >= 11 is 1.34. The quantitative estimate of drug-likeness (QED) is 0.899. The van der Waals surface area contributed by atoms with Gasteiger partial charge in [-0.15, -0.1) is 11.3 Å². The van der Waals surface area contributed by atoms with Crippen LogP contribution in [0.1, 0.15) is 47.3 Å². The lowest BCUT2D eigenvalue weighted by Gasteiger charge is -2.54. The molecule has 0 unspecified atom stereocenters. The summed E-state index contributed by atoms with van der Waals surface area (Å²) in [6, 6.07) is 0.320. The molecule has 2 aromatic heterocycles. The molecule has 0 aliphatic heterocycles. The molecule has 1 N–H and O–H groups in total. The van der Waals surface area contributed by atoms with Crippen LogP contribution in [0.5, 0.6) is 0 Å². The lowest BCUT2D eigenvalue weighted by molar-refractivity contribution is -0.0119. The highest BCUT2D eigenvalue weighted by atomic mass is 32.1. The number of rotatable bonds is 2. The van der Waals surface area contributed by atoms with Gasteiger partial charge in [-0.3, -0.25) is 9.59 Å². The second-order valence-corrected chi connectivity index (χ2v) is 9.33. The fraction of sp³-hybridized carbons (Fsp3) is 0.632. The van der Waals surface area contributed by atoms with Gasteiger partial charge in [0.25, 0.3) is 11.5 Å². The van der Waals surface area contributed by atoms with E-state index in [0.717, 1.165) is 17.4 Å². The van der Waals surface area contributed by atoms with Crippen LogP contribution in [-0.2, 0) is 7.05 Å². The number of aryl methyl sites for hydroxylation is 2. The molecule has 4 saturated carbocycles. The lowest BCUT2D eigenvalue weighted by atomic mass is 9.54. The van der Waals surface area contributed by atoms with Gasteiger partial charge in [-0.05, 0) is 68.3 Å². The predicted octanol–water partition coefficient (Wildman–Crippen LogP) is 2.86. The maximum absolute atomic E-state index is 13.0. The van der Waals surface area contributed by atoms with Crippen molar-refractivity contribution >= 4 is 27.5 Å². The third-order valence-corrected chi connectivity index (χ3v) is 7.94. The Balaban J connectivity index is 1.45. The zero-order chi connectivity index (χ0) is 17.3. The normalized spacial score (nSPS) is 33.1. The van der Waals surface area contributed by atoms with E-state index in [9.17, 15) is 9.59 Å². The summed E-state index contributed by atoms with van der Waals surface area (Å²) in [6.07, 6.45) is 8.08. The summed E-state index contributed by atoms with van der Waals surface area (Å²) in [5, 5.41) is 3.94. The lowest BCUT2D eigenvalue weighted by Crippen LogP contribution is -2.55. The molecule has 4 aliphatic rings. The highest BCUT2D eigenvalue weighted by Crippen LogP contribution is 2.53. The number of hydrogen-bond acceptors (Lipinski definition) is 4. The molecule has 0 spiro atoms. The van der Waals surface area contributed by atoms with E-state index in [2.05, 4.69) is 10.3 Å². The molecule has 6 heteroatoms. The highest BCUT2D eigenvalue weighted by Gasteiger charge is 2.48. The average molecular weight is 357 g/mol. The van der Waals surface area contributed by atoms with E-state index in [4.69, 9.17) is 0 Å². The SMILES string of the molecule is Cc1c(C(=O)NC2C3CC4CC(C3)CC2C4)sc2ncn(C)c(=O)c12. The molecule has 0 radical (unpaired) electrons. The van der Waals surface area contributed by atoms with E-state index in [1.54, 1.807) is 7.05 Å². The van der Waals surface area contributed by atoms with Gasteiger partial charge < -0.3 is 9.88 Å². The molecule has 4 aliphatic carbocycles. The number of carbonyl (C=O) groups is 1. The van der Waals surface area contributed by atoms with Crippen LogP contribution in [0.25, 0.3) is 10.2 Å². The van der Waals surface area contributed by atoms with Crippen LogP contribution in [0.15, 0.2) is 11.1 Å². The topological polar surface area (TPSA) is 64.0 Å². The van der Waals surface area contributed by atoms with Crippen molar-refractivity contribution in [2.45, 2.75) is 45.1 Å². The summed E-state index contributed by atoms with van der Waals surface area (Å²) in [6.45, 7) is 1.87. The Bertz CT molecular complexity index is 901. The Labute approximate surface area is 150 Å². The first-order chi connectivity index (χ1) is 12.0. The number of fused-ring (bicyclic) bond motifs is 1. The minimum Gasteiger partial charge on any atom is -0.348 e. The van der Waals surface area contributed by atoms with E-state index in [-0.39, 0.29) is 11.5 Å². The number of amides is 1. The van der Waals surface area contributed by atoms with Crippen molar-refractivity contribution in [3.63, 3.8) is 0 Å². The summed E-state index contributed by atoms with van der Waals surface area (Å²) in [7, 11) is 1.69. The smallest absolute Gasteiger partial charge is 0.262 e. The Morgan fingerprint density at radius 3 is 2.48 bits per heavy atom. The van der Waals surface area contributed by atoms with Crippen molar-refractivity contribution in [2.75, 3.05) is 0 Å². The highest BCUT2D eigenvalue weighted by molar-refractivity contribution is 7.20.